The molecule has 4 aromatic rings. The molecule has 0 saturated heterocycles. The van der Waals surface area contributed by atoms with E-state index in [-0.39, 0.29) is 5.91 Å². The molecule has 5 heteroatoms. The molecule has 25 heavy (non-hydrogen) atoms. The van der Waals surface area contributed by atoms with Crippen molar-refractivity contribution in [1.29, 1.82) is 0 Å². The third-order valence-electron chi connectivity index (χ3n) is 3.98. The van der Waals surface area contributed by atoms with Crippen LogP contribution in [-0.2, 0) is 6.54 Å². The number of nitrogens with zero attached hydrogens (tertiary/aromatic N) is 2. The summed E-state index contributed by atoms with van der Waals surface area (Å²) in [7, 11) is 0. The minimum Gasteiger partial charge on any atom is -0.464 e. The third-order valence-corrected chi connectivity index (χ3v) is 3.98. The zero-order chi connectivity index (χ0) is 17.1. The van der Waals surface area contributed by atoms with Gasteiger partial charge in [0, 0.05) is 41.6 Å². The molecule has 0 radical (unpaired) electrons. The number of hydrogen-bond donors (Lipinski definition) is 1. The summed E-state index contributed by atoms with van der Waals surface area (Å²) >= 11 is 0. The number of fused-ring (bicyclic) bond motifs is 1. The summed E-state index contributed by atoms with van der Waals surface area (Å²) in [5, 5.41) is 3.85. The van der Waals surface area contributed by atoms with Crippen LogP contribution in [0.2, 0.25) is 0 Å². The summed E-state index contributed by atoms with van der Waals surface area (Å²) < 4.78 is 5.41. The average Bonchev–Trinajstić information content (AvgIpc) is 3.16. The minimum absolute atomic E-state index is 0.120. The second kappa shape index (κ2) is 6.57. The fourth-order valence-electron chi connectivity index (χ4n) is 2.69. The first-order valence-corrected chi connectivity index (χ1v) is 7.91. The van der Waals surface area contributed by atoms with Crippen molar-refractivity contribution >= 4 is 16.9 Å². The molecule has 0 unspecified atom stereocenters. The van der Waals surface area contributed by atoms with Gasteiger partial charge in [-0.2, -0.15) is 0 Å². The van der Waals surface area contributed by atoms with Gasteiger partial charge in [-0.3, -0.25) is 14.8 Å². The maximum Gasteiger partial charge on any atom is 0.251 e. The van der Waals surface area contributed by atoms with Gasteiger partial charge in [-0.25, -0.2) is 0 Å². The normalized spacial score (nSPS) is 10.7. The predicted octanol–water partition coefficient (Wildman–Crippen LogP) is 3.82. The fourth-order valence-corrected chi connectivity index (χ4v) is 2.69. The second-order valence-corrected chi connectivity index (χ2v) is 5.61. The highest BCUT2D eigenvalue weighted by Gasteiger charge is 2.09. The van der Waals surface area contributed by atoms with Gasteiger partial charge in [-0.05, 0) is 35.9 Å². The molecule has 0 aliphatic rings. The van der Waals surface area contributed by atoms with Crippen LogP contribution in [0, 0.1) is 0 Å². The highest BCUT2D eigenvalue weighted by Crippen LogP contribution is 2.27. The Morgan fingerprint density at radius 2 is 1.92 bits per heavy atom. The summed E-state index contributed by atoms with van der Waals surface area (Å²) in [6.45, 7) is 0.449. The van der Waals surface area contributed by atoms with E-state index >= 15 is 0 Å². The zero-order valence-electron chi connectivity index (χ0n) is 13.3. The molecule has 0 aliphatic heterocycles. The van der Waals surface area contributed by atoms with E-state index in [1.165, 1.54) is 0 Å². The molecular weight excluding hydrogens is 314 g/mol. The Bertz CT molecular complexity index is 1010. The summed E-state index contributed by atoms with van der Waals surface area (Å²) in [5.41, 5.74) is 4.14. The Morgan fingerprint density at radius 3 is 2.72 bits per heavy atom. The van der Waals surface area contributed by atoms with Crippen LogP contribution in [0.25, 0.3) is 22.2 Å². The minimum atomic E-state index is -0.120. The van der Waals surface area contributed by atoms with Crippen molar-refractivity contribution in [2.75, 3.05) is 0 Å². The molecule has 0 bridgehead atoms. The van der Waals surface area contributed by atoms with Crippen molar-refractivity contribution in [3.63, 3.8) is 0 Å². The summed E-state index contributed by atoms with van der Waals surface area (Å²) in [6.07, 6.45) is 6.81. The highest BCUT2D eigenvalue weighted by molar-refractivity contribution is 5.96. The molecule has 122 valence electrons. The van der Waals surface area contributed by atoms with Crippen LogP contribution in [0.3, 0.4) is 0 Å². The van der Waals surface area contributed by atoms with Gasteiger partial charge in [0.15, 0.2) is 0 Å². The van der Waals surface area contributed by atoms with Crippen molar-refractivity contribution in [3.8, 4) is 11.3 Å². The molecule has 1 N–H and O–H groups in total. The topological polar surface area (TPSA) is 68.0 Å². The average molecular weight is 329 g/mol. The van der Waals surface area contributed by atoms with E-state index in [4.69, 9.17) is 4.42 Å². The lowest BCUT2D eigenvalue weighted by molar-refractivity contribution is 0.0951. The van der Waals surface area contributed by atoms with Gasteiger partial charge in [0.05, 0.1) is 12.0 Å². The number of benzene rings is 1. The van der Waals surface area contributed by atoms with Gasteiger partial charge in [-0.1, -0.05) is 18.2 Å². The van der Waals surface area contributed by atoms with Crippen LogP contribution < -0.4 is 5.32 Å². The Balaban J connectivity index is 1.52. The van der Waals surface area contributed by atoms with E-state index in [1.807, 2.05) is 36.4 Å². The molecular formula is C20H15N3O2. The summed E-state index contributed by atoms with van der Waals surface area (Å²) in [4.78, 5) is 20.7. The molecule has 3 aromatic heterocycles. The molecule has 0 aliphatic carbocycles. The van der Waals surface area contributed by atoms with Crippen molar-refractivity contribution in [1.82, 2.24) is 15.3 Å². The number of furan rings is 1. The van der Waals surface area contributed by atoms with Crippen LogP contribution in [0.4, 0.5) is 0 Å². The summed E-state index contributed by atoms with van der Waals surface area (Å²) in [6, 6.07) is 14.9. The lowest BCUT2D eigenvalue weighted by Gasteiger charge is -2.07. The Kier molecular flexibility index (Phi) is 3.96. The van der Waals surface area contributed by atoms with E-state index in [2.05, 4.69) is 15.3 Å². The van der Waals surface area contributed by atoms with E-state index in [9.17, 15) is 4.79 Å². The van der Waals surface area contributed by atoms with Crippen LogP contribution >= 0.6 is 0 Å². The van der Waals surface area contributed by atoms with Gasteiger partial charge < -0.3 is 9.73 Å². The molecule has 0 atom stereocenters. The lowest BCUT2D eigenvalue weighted by Crippen LogP contribution is -2.22. The second-order valence-electron chi connectivity index (χ2n) is 5.61. The Labute approximate surface area is 144 Å². The largest absolute Gasteiger partial charge is 0.464 e. The quantitative estimate of drug-likeness (QED) is 0.618. The van der Waals surface area contributed by atoms with Crippen LogP contribution in [0.15, 0.2) is 77.8 Å². The molecule has 0 saturated carbocycles. The number of hydrogen-bond acceptors (Lipinski definition) is 4. The van der Waals surface area contributed by atoms with Gasteiger partial charge in [0.2, 0.25) is 0 Å². The number of pyridine rings is 2. The smallest absolute Gasteiger partial charge is 0.251 e. The molecule has 3 heterocycles. The van der Waals surface area contributed by atoms with E-state index in [0.29, 0.717) is 12.1 Å². The van der Waals surface area contributed by atoms with Crippen molar-refractivity contribution in [2.45, 2.75) is 6.54 Å². The van der Waals surface area contributed by atoms with Crippen LogP contribution in [0.1, 0.15) is 15.9 Å². The fraction of sp³-hybridized carbons (Fsp3) is 0.0500. The van der Waals surface area contributed by atoms with Gasteiger partial charge >= 0.3 is 0 Å². The number of amides is 1. The SMILES string of the molecule is O=C(NCc1cccnc1)c1ccc(-c2nccc3occc23)cc1. The number of carbonyl (C=O) groups excluding carboxylic acids is 1. The molecule has 1 aromatic carbocycles. The third kappa shape index (κ3) is 3.12. The number of aromatic nitrogens is 2. The number of carbonyl (C=O) groups is 1. The van der Waals surface area contributed by atoms with Crippen molar-refractivity contribution in [3.05, 3.63) is 84.5 Å². The first-order chi connectivity index (χ1) is 12.3. The van der Waals surface area contributed by atoms with E-state index in [0.717, 1.165) is 27.8 Å². The molecule has 0 spiro atoms. The first-order valence-electron chi connectivity index (χ1n) is 7.91. The van der Waals surface area contributed by atoms with E-state index < -0.39 is 0 Å². The van der Waals surface area contributed by atoms with Gasteiger partial charge in [0.1, 0.15) is 5.58 Å². The highest BCUT2D eigenvalue weighted by atomic mass is 16.3. The number of nitrogens with one attached hydrogen (secondary N) is 1. The van der Waals surface area contributed by atoms with Crippen molar-refractivity contribution < 1.29 is 9.21 Å². The lowest BCUT2D eigenvalue weighted by atomic mass is 10.1. The van der Waals surface area contributed by atoms with E-state index in [1.54, 1.807) is 37.0 Å². The van der Waals surface area contributed by atoms with Crippen LogP contribution in [-0.4, -0.2) is 15.9 Å². The monoisotopic (exact) mass is 329 g/mol. The summed E-state index contributed by atoms with van der Waals surface area (Å²) in [5.74, 6) is -0.120. The molecule has 0 fully saturated rings. The Morgan fingerprint density at radius 1 is 1.04 bits per heavy atom. The van der Waals surface area contributed by atoms with Gasteiger partial charge in [-0.15, -0.1) is 0 Å². The van der Waals surface area contributed by atoms with Crippen LogP contribution in [0.5, 0.6) is 0 Å². The first kappa shape index (κ1) is 15.1. The Hall–Kier alpha value is -3.47. The molecule has 5 nitrogen and oxygen atoms in total. The predicted molar refractivity (Wildman–Crippen MR) is 94.9 cm³/mol. The zero-order valence-corrected chi connectivity index (χ0v) is 13.3. The number of rotatable bonds is 4. The molecule has 1 amide bonds. The standard InChI is InChI=1S/C20H15N3O2/c24-20(23-13-14-2-1-9-21-12-14)16-5-3-15(4-6-16)19-17-8-11-25-18(17)7-10-22-19/h1-12H,13H2,(H,23,24). The van der Waals surface area contributed by atoms with Gasteiger partial charge in [0.25, 0.3) is 5.91 Å². The maximum absolute atomic E-state index is 12.3. The molecule has 4 rings (SSSR count). The maximum atomic E-state index is 12.3. The van der Waals surface area contributed by atoms with Crippen molar-refractivity contribution in [2.24, 2.45) is 0 Å².